The van der Waals surface area contributed by atoms with E-state index in [1.54, 1.807) is 16.7 Å². The average molecular weight is 450 g/mol. The van der Waals surface area contributed by atoms with Gasteiger partial charge in [0, 0.05) is 70.0 Å². The third-order valence-corrected chi connectivity index (χ3v) is 6.79. The number of carbonyl (C=O) groups excluding carboxylic acids is 2. The lowest BCUT2D eigenvalue weighted by Crippen LogP contribution is -2.45. The predicted octanol–water partition coefficient (Wildman–Crippen LogP) is 3.13. The van der Waals surface area contributed by atoms with E-state index in [0.717, 1.165) is 28.2 Å². The first-order valence-corrected chi connectivity index (χ1v) is 11.2. The van der Waals surface area contributed by atoms with Crippen molar-refractivity contribution in [2.45, 2.75) is 40.2 Å². The number of benzene rings is 1. The van der Waals surface area contributed by atoms with Gasteiger partial charge in [-0.2, -0.15) is 5.10 Å². The van der Waals surface area contributed by atoms with E-state index in [-0.39, 0.29) is 11.8 Å². The van der Waals surface area contributed by atoms with Gasteiger partial charge in [0.15, 0.2) is 0 Å². The van der Waals surface area contributed by atoms with Crippen molar-refractivity contribution < 1.29 is 14.1 Å². The van der Waals surface area contributed by atoms with Crippen LogP contribution in [0.3, 0.4) is 0 Å². The van der Waals surface area contributed by atoms with Crippen LogP contribution in [0.15, 0.2) is 40.9 Å². The molecular weight excluding hydrogens is 418 g/mol. The normalized spacial score (nSPS) is 18.0. The first-order valence-electron chi connectivity index (χ1n) is 11.2. The summed E-state index contributed by atoms with van der Waals surface area (Å²) in [6, 6.07) is 11.7. The predicted molar refractivity (Wildman–Crippen MR) is 124 cm³/mol. The van der Waals surface area contributed by atoms with Crippen LogP contribution in [0.25, 0.3) is 11.3 Å². The molecule has 0 aliphatic carbocycles. The molecule has 1 aromatic carbocycles. The van der Waals surface area contributed by atoms with Gasteiger partial charge in [-0.1, -0.05) is 35.5 Å². The van der Waals surface area contributed by atoms with Crippen LogP contribution in [-0.2, 0) is 29.6 Å². The van der Waals surface area contributed by atoms with Gasteiger partial charge in [0.25, 0.3) is 0 Å². The Hall–Kier alpha value is -3.42. The lowest BCUT2D eigenvalue weighted by molar-refractivity contribution is -0.141. The third kappa shape index (κ3) is 4.42. The van der Waals surface area contributed by atoms with Crippen molar-refractivity contribution in [2.75, 3.05) is 20.1 Å². The van der Waals surface area contributed by atoms with Gasteiger partial charge in [-0.15, -0.1) is 0 Å². The second kappa shape index (κ2) is 8.84. The van der Waals surface area contributed by atoms with E-state index < -0.39 is 5.41 Å². The fourth-order valence-electron chi connectivity index (χ4n) is 4.77. The van der Waals surface area contributed by atoms with Gasteiger partial charge >= 0.3 is 0 Å². The molecule has 1 fully saturated rings. The topological polar surface area (TPSA) is 84.5 Å². The van der Waals surface area contributed by atoms with Gasteiger partial charge in [-0.3, -0.25) is 14.3 Å². The van der Waals surface area contributed by atoms with Crippen molar-refractivity contribution in [2.24, 2.45) is 12.5 Å². The first-order chi connectivity index (χ1) is 15.7. The fourth-order valence-corrected chi connectivity index (χ4v) is 4.77. The number of aromatic nitrogens is 3. The second-order valence-electron chi connectivity index (χ2n) is 9.13. The highest BCUT2D eigenvalue weighted by Gasteiger charge is 2.47. The summed E-state index contributed by atoms with van der Waals surface area (Å²) in [6.45, 7) is 6.92. The molecule has 4 rings (SSSR count). The molecule has 1 aliphatic rings. The second-order valence-corrected chi connectivity index (χ2v) is 9.13. The van der Waals surface area contributed by atoms with Crippen molar-refractivity contribution in [3.63, 3.8) is 0 Å². The van der Waals surface area contributed by atoms with E-state index in [9.17, 15) is 9.59 Å². The zero-order valence-corrected chi connectivity index (χ0v) is 20.0. The number of nitrogens with zero attached hydrogens (tertiary/aromatic N) is 5. The zero-order valence-electron chi connectivity index (χ0n) is 20.0. The highest BCUT2D eigenvalue weighted by atomic mass is 16.5. The molecule has 0 saturated carbocycles. The van der Waals surface area contributed by atoms with Crippen LogP contribution >= 0.6 is 0 Å². The molecule has 0 bridgehead atoms. The Morgan fingerprint density at radius 3 is 2.55 bits per heavy atom. The van der Waals surface area contributed by atoms with E-state index in [2.05, 4.69) is 10.3 Å². The number of hydrogen-bond donors (Lipinski definition) is 0. The van der Waals surface area contributed by atoms with Crippen molar-refractivity contribution in [1.29, 1.82) is 0 Å². The van der Waals surface area contributed by atoms with E-state index in [1.807, 2.05) is 69.0 Å². The van der Waals surface area contributed by atoms with Gasteiger partial charge in [-0.05, 0) is 20.3 Å². The summed E-state index contributed by atoms with van der Waals surface area (Å²) in [7, 11) is 3.73. The van der Waals surface area contributed by atoms with Crippen LogP contribution in [-0.4, -0.2) is 56.7 Å². The van der Waals surface area contributed by atoms with Crippen LogP contribution in [0.2, 0.25) is 0 Å². The molecule has 2 aromatic heterocycles. The molecular formula is C25H31N5O3. The van der Waals surface area contributed by atoms with Crippen molar-refractivity contribution in [3.8, 4) is 11.3 Å². The Bertz CT molecular complexity index is 1170. The Kier molecular flexibility index (Phi) is 6.10. The van der Waals surface area contributed by atoms with Crippen LogP contribution in [0.5, 0.6) is 0 Å². The summed E-state index contributed by atoms with van der Waals surface area (Å²) >= 11 is 0. The summed E-state index contributed by atoms with van der Waals surface area (Å²) in [5, 5.41) is 8.70. The van der Waals surface area contributed by atoms with Gasteiger partial charge in [0.2, 0.25) is 11.8 Å². The highest BCUT2D eigenvalue weighted by molar-refractivity contribution is 5.85. The molecule has 3 aromatic rings. The van der Waals surface area contributed by atoms with Crippen LogP contribution in [0.4, 0.5) is 0 Å². The maximum atomic E-state index is 13.8. The quantitative estimate of drug-likeness (QED) is 0.577. The van der Waals surface area contributed by atoms with E-state index in [1.165, 1.54) is 0 Å². The van der Waals surface area contributed by atoms with Crippen LogP contribution in [0.1, 0.15) is 36.1 Å². The molecule has 1 atom stereocenters. The molecule has 3 heterocycles. The highest BCUT2D eigenvalue weighted by Crippen LogP contribution is 2.37. The van der Waals surface area contributed by atoms with Crippen LogP contribution < -0.4 is 0 Å². The Labute approximate surface area is 194 Å². The Balaban J connectivity index is 1.60. The number of aryl methyl sites for hydroxylation is 2. The molecule has 174 valence electrons. The number of likely N-dealkylation sites (tertiary alicyclic amines) is 1. The molecule has 8 nitrogen and oxygen atoms in total. The third-order valence-electron chi connectivity index (χ3n) is 6.79. The molecule has 33 heavy (non-hydrogen) atoms. The Morgan fingerprint density at radius 2 is 1.94 bits per heavy atom. The number of amides is 2. The molecule has 0 unspecified atom stereocenters. The van der Waals surface area contributed by atoms with Gasteiger partial charge in [-0.25, -0.2) is 0 Å². The molecule has 0 N–H and O–H groups in total. The Morgan fingerprint density at radius 1 is 1.21 bits per heavy atom. The molecule has 1 aliphatic heterocycles. The van der Waals surface area contributed by atoms with Crippen molar-refractivity contribution >= 4 is 11.8 Å². The van der Waals surface area contributed by atoms with E-state index >= 15 is 0 Å². The van der Waals surface area contributed by atoms with Gasteiger partial charge < -0.3 is 14.3 Å². The molecule has 1 saturated heterocycles. The van der Waals surface area contributed by atoms with E-state index in [0.29, 0.717) is 38.2 Å². The van der Waals surface area contributed by atoms with Gasteiger partial charge in [0.05, 0.1) is 11.1 Å². The minimum atomic E-state index is -0.752. The molecule has 0 radical (unpaired) electrons. The summed E-state index contributed by atoms with van der Waals surface area (Å²) in [4.78, 5) is 29.5. The lowest BCUT2D eigenvalue weighted by atomic mass is 9.80. The summed E-state index contributed by atoms with van der Waals surface area (Å²) < 4.78 is 7.49. The summed E-state index contributed by atoms with van der Waals surface area (Å²) in [5.74, 6) is 0.634. The first kappa shape index (κ1) is 22.8. The lowest BCUT2D eigenvalue weighted by Gasteiger charge is -2.32. The average Bonchev–Trinajstić information content (AvgIpc) is 3.50. The van der Waals surface area contributed by atoms with Gasteiger partial charge in [0.1, 0.15) is 11.5 Å². The zero-order chi connectivity index (χ0) is 23.8. The summed E-state index contributed by atoms with van der Waals surface area (Å²) in [6.07, 6.45) is 0.979. The number of carbonyl (C=O) groups is 2. The summed E-state index contributed by atoms with van der Waals surface area (Å²) in [5.41, 5.74) is 3.96. The van der Waals surface area contributed by atoms with Crippen LogP contribution in [0, 0.1) is 19.3 Å². The maximum absolute atomic E-state index is 13.8. The fraction of sp³-hybridized carbons (Fsp3) is 0.440. The minimum Gasteiger partial charge on any atom is -0.361 e. The number of hydrogen-bond acceptors (Lipinski definition) is 5. The molecule has 0 spiro atoms. The number of rotatable bonds is 6. The SMILES string of the molecule is CC(=O)N1CC[C@@](Cc2cc(-c3ccccc3)no2)(C(=O)N(C)Cc2c(C)nn(C)c2C)C1. The standard InChI is InChI=1S/C25H31N5O3/c1-17-22(18(2)29(5)26-17)15-28(4)24(32)25(11-12-30(16-25)19(3)31)14-21-13-23(27-33-21)20-9-7-6-8-10-20/h6-10,13H,11-12,14-16H2,1-5H3/t25-/m0/s1. The monoisotopic (exact) mass is 449 g/mol. The minimum absolute atomic E-state index is 0.00608. The molecule has 2 amide bonds. The largest absolute Gasteiger partial charge is 0.361 e. The van der Waals surface area contributed by atoms with Crippen molar-refractivity contribution in [3.05, 3.63) is 59.1 Å². The smallest absolute Gasteiger partial charge is 0.231 e. The molecule has 8 heteroatoms. The maximum Gasteiger partial charge on any atom is 0.231 e. The van der Waals surface area contributed by atoms with E-state index in [4.69, 9.17) is 4.52 Å². The van der Waals surface area contributed by atoms with Crippen molar-refractivity contribution in [1.82, 2.24) is 24.7 Å².